The minimum absolute atomic E-state index is 0.0875. The first-order valence-corrected chi connectivity index (χ1v) is 6.25. The van der Waals surface area contributed by atoms with Crippen molar-refractivity contribution in [3.63, 3.8) is 0 Å². The van der Waals surface area contributed by atoms with Gasteiger partial charge in [0.25, 0.3) is 0 Å². The van der Waals surface area contributed by atoms with Crippen LogP contribution in [-0.4, -0.2) is 13.7 Å². The summed E-state index contributed by atoms with van der Waals surface area (Å²) in [7, 11) is 1.98. The normalized spacial score (nSPS) is 20.8. The molecule has 0 spiro atoms. The first-order chi connectivity index (χ1) is 7.78. The molecule has 17 heavy (non-hydrogen) atoms. The van der Waals surface area contributed by atoms with Gasteiger partial charge in [-0.05, 0) is 43.5 Å². The van der Waals surface area contributed by atoms with E-state index < -0.39 is 0 Å². The third-order valence-corrected chi connectivity index (χ3v) is 3.81. The van der Waals surface area contributed by atoms with E-state index in [0.717, 1.165) is 6.61 Å². The van der Waals surface area contributed by atoms with Gasteiger partial charge in [0.2, 0.25) is 0 Å². The Morgan fingerprint density at radius 1 is 1.12 bits per heavy atom. The first kappa shape index (κ1) is 12.4. The summed E-state index contributed by atoms with van der Waals surface area (Å²) in [4.78, 5) is 0. The van der Waals surface area contributed by atoms with Crippen LogP contribution in [0.15, 0.2) is 12.1 Å². The number of nitrogens with one attached hydrogen (secondary N) is 1. The number of hydrogen-bond donors (Lipinski definition) is 1. The molecule has 0 amide bonds. The molecule has 1 aromatic carbocycles. The van der Waals surface area contributed by atoms with E-state index >= 15 is 0 Å². The summed E-state index contributed by atoms with van der Waals surface area (Å²) in [5.74, 6) is 0. The SMILES string of the molecule is CNc1cc2c(cc1C)C(C)(C)OCC2(C)C. The quantitative estimate of drug-likeness (QED) is 0.800. The van der Waals surface area contributed by atoms with Crippen molar-refractivity contribution in [3.8, 4) is 0 Å². The van der Waals surface area contributed by atoms with Crippen molar-refractivity contribution in [2.75, 3.05) is 19.0 Å². The molecule has 0 bridgehead atoms. The van der Waals surface area contributed by atoms with Gasteiger partial charge in [0.15, 0.2) is 0 Å². The third-order valence-electron chi connectivity index (χ3n) is 3.81. The predicted octanol–water partition coefficient (Wildman–Crippen LogP) is 3.58. The monoisotopic (exact) mass is 233 g/mol. The Balaban J connectivity index is 2.68. The lowest BCUT2D eigenvalue weighted by molar-refractivity contribution is -0.0587. The third kappa shape index (κ3) is 1.95. The molecule has 94 valence electrons. The molecule has 1 aliphatic heterocycles. The van der Waals surface area contributed by atoms with Gasteiger partial charge in [-0.25, -0.2) is 0 Å². The van der Waals surface area contributed by atoms with Crippen LogP contribution in [0.25, 0.3) is 0 Å². The lowest BCUT2D eigenvalue weighted by atomic mass is 9.75. The second-order valence-electron chi connectivity index (χ2n) is 6.15. The molecule has 1 aromatic rings. The Morgan fingerprint density at radius 3 is 2.35 bits per heavy atom. The summed E-state index contributed by atoms with van der Waals surface area (Å²) in [6, 6.07) is 4.55. The molecule has 0 saturated heterocycles. The van der Waals surface area contributed by atoms with Crippen molar-refractivity contribution in [3.05, 3.63) is 28.8 Å². The number of benzene rings is 1. The van der Waals surface area contributed by atoms with Crippen LogP contribution < -0.4 is 5.32 Å². The van der Waals surface area contributed by atoms with E-state index in [-0.39, 0.29) is 11.0 Å². The molecule has 0 aliphatic carbocycles. The fraction of sp³-hybridized carbons (Fsp3) is 0.600. The van der Waals surface area contributed by atoms with Crippen molar-refractivity contribution in [1.29, 1.82) is 0 Å². The molecule has 1 aliphatic rings. The second-order valence-corrected chi connectivity index (χ2v) is 6.15. The Bertz CT molecular complexity index is 446. The van der Waals surface area contributed by atoms with Crippen LogP contribution in [-0.2, 0) is 15.8 Å². The number of fused-ring (bicyclic) bond motifs is 1. The van der Waals surface area contributed by atoms with Crippen molar-refractivity contribution < 1.29 is 4.74 Å². The fourth-order valence-corrected chi connectivity index (χ4v) is 2.55. The number of hydrogen-bond acceptors (Lipinski definition) is 2. The summed E-state index contributed by atoms with van der Waals surface area (Å²) in [6.45, 7) is 11.7. The van der Waals surface area contributed by atoms with Gasteiger partial charge in [0, 0.05) is 18.2 Å². The summed E-state index contributed by atoms with van der Waals surface area (Å²) < 4.78 is 6.02. The summed E-state index contributed by atoms with van der Waals surface area (Å²) in [5, 5.41) is 3.27. The Morgan fingerprint density at radius 2 is 1.76 bits per heavy atom. The number of rotatable bonds is 1. The minimum atomic E-state index is -0.179. The maximum absolute atomic E-state index is 6.02. The lowest BCUT2D eigenvalue weighted by Crippen LogP contribution is -2.40. The van der Waals surface area contributed by atoms with Crippen LogP contribution in [0.1, 0.15) is 44.4 Å². The number of ether oxygens (including phenoxy) is 1. The maximum atomic E-state index is 6.02. The van der Waals surface area contributed by atoms with Gasteiger partial charge in [-0.3, -0.25) is 0 Å². The topological polar surface area (TPSA) is 21.3 Å². The Kier molecular flexibility index (Phi) is 2.74. The summed E-state index contributed by atoms with van der Waals surface area (Å²) in [5.41, 5.74) is 5.13. The summed E-state index contributed by atoms with van der Waals surface area (Å²) >= 11 is 0. The van der Waals surface area contributed by atoms with Crippen molar-refractivity contribution >= 4 is 5.69 Å². The zero-order chi connectivity index (χ0) is 12.8. The van der Waals surface area contributed by atoms with E-state index in [1.54, 1.807) is 0 Å². The lowest BCUT2D eigenvalue weighted by Gasteiger charge is -2.42. The van der Waals surface area contributed by atoms with Gasteiger partial charge < -0.3 is 10.1 Å². The summed E-state index contributed by atoms with van der Waals surface area (Å²) in [6.07, 6.45) is 0. The Labute approximate surface area is 104 Å². The molecule has 0 fully saturated rings. The molecule has 2 nitrogen and oxygen atoms in total. The van der Waals surface area contributed by atoms with E-state index in [0.29, 0.717) is 0 Å². The van der Waals surface area contributed by atoms with Crippen molar-refractivity contribution in [1.82, 2.24) is 0 Å². The Hall–Kier alpha value is -1.02. The van der Waals surface area contributed by atoms with E-state index in [4.69, 9.17) is 4.74 Å². The molecular formula is C15H23NO. The maximum Gasteiger partial charge on any atom is 0.0878 e. The molecule has 1 N–H and O–H groups in total. The van der Waals surface area contributed by atoms with Crippen LogP contribution in [0.3, 0.4) is 0 Å². The van der Waals surface area contributed by atoms with Gasteiger partial charge in [-0.1, -0.05) is 19.9 Å². The molecule has 0 unspecified atom stereocenters. The smallest absolute Gasteiger partial charge is 0.0878 e. The van der Waals surface area contributed by atoms with Gasteiger partial charge in [-0.15, -0.1) is 0 Å². The van der Waals surface area contributed by atoms with Gasteiger partial charge in [0.05, 0.1) is 12.2 Å². The standard InChI is InChI=1S/C15H23NO/c1-10-7-12-11(8-13(10)16-6)14(2,3)9-17-15(12,4)5/h7-8,16H,9H2,1-6H3. The van der Waals surface area contributed by atoms with E-state index in [1.165, 1.54) is 22.4 Å². The van der Waals surface area contributed by atoms with E-state index in [2.05, 4.69) is 52.1 Å². The van der Waals surface area contributed by atoms with Crippen LogP contribution in [0.2, 0.25) is 0 Å². The highest BCUT2D eigenvalue weighted by atomic mass is 16.5. The van der Waals surface area contributed by atoms with Crippen LogP contribution in [0, 0.1) is 6.92 Å². The van der Waals surface area contributed by atoms with Crippen LogP contribution in [0.5, 0.6) is 0 Å². The van der Waals surface area contributed by atoms with Gasteiger partial charge in [-0.2, -0.15) is 0 Å². The highest BCUT2D eigenvalue weighted by molar-refractivity contribution is 5.58. The average molecular weight is 233 g/mol. The largest absolute Gasteiger partial charge is 0.388 e. The minimum Gasteiger partial charge on any atom is -0.388 e. The van der Waals surface area contributed by atoms with Crippen molar-refractivity contribution in [2.24, 2.45) is 0 Å². The van der Waals surface area contributed by atoms with Gasteiger partial charge >= 0.3 is 0 Å². The van der Waals surface area contributed by atoms with E-state index in [9.17, 15) is 0 Å². The van der Waals surface area contributed by atoms with Crippen LogP contribution >= 0.6 is 0 Å². The zero-order valence-electron chi connectivity index (χ0n) is 11.8. The molecule has 0 aromatic heterocycles. The first-order valence-electron chi connectivity index (χ1n) is 6.25. The average Bonchev–Trinajstić information content (AvgIpc) is 2.24. The molecule has 2 heteroatoms. The molecule has 0 atom stereocenters. The number of aryl methyl sites for hydroxylation is 1. The zero-order valence-corrected chi connectivity index (χ0v) is 11.8. The highest BCUT2D eigenvalue weighted by Gasteiger charge is 2.38. The second kappa shape index (κ2) is 3.74. The molecule has 1 heterocycles. The van der Waals surface area contributed by atoms with Crippen LogP contribution in [0.4, 0.5) is 5.69 Å². The molecular weight excluding hydrogens is 210 g/mol. The number of anilines is 1. The van der Waals surface area contributed by atoms with Crippen molar-refractivity contribution in [2.45, 2.75) is 45.6 Å². The molecule has 2 rings (SSSR count). The van der Waals surface area contributed by atoms with Gasteiger partial charge in [0.1, 0.15) is 0 Å². The predicted molar refractivity (Wildman–Crippen MR) is 72.7 cm³/mol. The molecule has 0 saturated carbocycles. The van der Waals surface area contributed by atoms with E-state index in [1.807, 2.05) is 7.05 Å². The highest BCUT2D eigenvalue weighted by Crippen LogP contribution is 2.42. The molecule has 0 radical (unpaired) electrons. The fourth-order valence-electron chi connectivity index (χ4n) is 2.55.